The molecule has 0 aliphatic rings. The van der Waals surface area contributed by atoms with Gasteiger partial charge in [0.2, 0.25) is 0 Å². The molecule has 10 nitrogen and oxygen atoms in total. The lowest BCUT2D eigenvalue weighted by Gasteiger charge is -2.18. The molecule has 0 spiro atoms. The first kappa shape index (κ1) is 26.9. The molecule has 0 saturated carbocycles. The van der Waals surface area contributed by atoms with Gasteiger partial charge in [0.05, 0.1) is 6.10 Å². The molecule has 1 rings (SSSR count). The van der Waals surface area contributed by atoms with E-state index in [1.807, 2.05) is 0 Å². The summed E-state index contributed by atoms with van der Waals surface area (Å²) in [5.74, 6) is -1.54. The molecule has 0 saturated heterocycles. The van der Waals surface area contributed by atoms with E-state index < -0.39 is 36.2 Å². The van der Waals surface area contributed by atoms with Crippen LogP contribution in [0.5, 0.6) is 11.5 Å². The number of carbonyl (C=O) groups excluding carboxylic acids is 4. The zero-order chi connectivity index (χ0) is 24.3. The Balaban J connectivity index is 2.75. The second-order valence-corrected chi connectivity index (χ2v) is 7.22. The minimum Gasteiger partial charge on any atom is -0.458 e. The highest BCUT2D eigenvalue weighted by Crippen LogP contribution is 2.30. The van der Waals surface area contributed by atoms with Crippen molar-refractivity contribution in [1.82, 2.24) is 0 Å². The number of hydrogen-bond donors (Lipinski definition) is 1. The van der Waals surface area contributed by atoms with Gasteiger partial charge in [0.25, 0.3) is 0 Å². The molecule has 1 aromatic rings. The van der Waals surface area contributed by atoms with Crippen LogP contribution >= 0.6 is 0 Å². The fourth-order valence-electron chi connectivity index (χ4n) is 2.30. The number of ether oxygens (including phenoxy) is 5. The molecule has 0 aliphatic carbocycles. The first-order valence-corrected chi connectivity index (χ1v) is 10.4. The van der Waals surface area contributed by atoms with Crippen molar-refractivity contribution in [3.05, 3.63) is 23.8 Å². The van der Waals surface area contributed by atoms with Crippen molar-refractivity contribution in [2.75, 3.05) is 6.61 Å². The molecule has 32 heavy (non-hydrogen) atoms. The SMILES string of the molecule is CCC(=O)Oc1ccc(C[C@H](N)C(=O)O[C@@H](C)COC(=O)OC(C)C)cc1OC(=O)CC. The fraction of sp³-hybridized carbons (Fsp3) is 0.545. The van der Waals surface area contributed by atoms with Gasteiger partial charge in [0, 0.05) is 12.8 Å². The highest BCUT2D eigenvalue weighted by atomic mass is 16.7. The van der Waals surface area contributed by atoms with E-state index in [4.69, 9.17) is 29.4 Å². The van der Waals surface area contributed by atoms with E-state index in [1.165, 1.54) is 12.1 Å². The van der Waals surface area contributed by atoms with Crippen molar-refractivity contribution in [3.8, 4) is 11.5 Å². The van der Waals surface area contributed by atoms with Gasteiger partial charge in [-0.15, -0.1) is 0 Å². The standard InChI is InChI=1S/C22H31NO9/c1-6-19(24)31-17-9-8-15(11-18(17)32-20(25)7-2)10-16(23)21(26)30-14(5)12-28-22(27)29-13(3)4/h8-9,11,13-14,16H,6-7,10,12,23H2,1-5H3/t14-,16-/m0/s1. The maximum Gasteiger partial charge on any atom is 0.508 e. The molecule has 178 valence electrons. The lowest BCUT2D eigenvalue weighted by molar-refractivity contribution is -0.152. The summed E-state index contributed by atoms with van der Waals surface area (Å²) in [7, 11) is 0. The summed E-state index contributed by atoms with van der Waals surface area (Å²) >= 11 is 0. The summed E-state index contributed by atoms with van der Waals surface area (Å²) in [5, 5.41) is 0. The number of nitrogens with two attached hydrogens (primary N) is 1. The van der Waals surface area contributed by atoms with Crippen molar-refractivity contribution < 1.29 is 42.9 Å². The van der Waals surface area contributed by atoms with Crippen molar-refractivity contribution >= 4 is 24.1 Å². The molecule has 0 radical (unpaired) electrons. The Kier molecular flexibility index (Phi) is 11.2. The van der Waals surface area contributed by atoms with E-state index in [9.17, 15) is 19.2 Å². The molecule has 0 fully saturated rings. The normalized spacial score (nSPS) is 12.5. The average Bonchev–Trinajstić information content (AvgIpc) is 2.73. The van der Waals surface area contributed by atoms with Crippen LogP contribution in [0.1, 0.15) is 53.0 Å². The van der Waals surface area contributed by atoms with Crippen LogP contribution < -0.4 is 15.2 Å². The van der Waals surface area contributed by atoms with Gasteiger partial charge in [-0.2, -0.15) is 0 Å². The summed E-state index contributed by atoms with van der Waals surface area (Å²) in [6.07, 6.45) is -1.57. The Hall–Kier alpha value is -3.14. The van der Waals surface area contributed by atoms with Crippen LogP contribution in [0.2, 0.25) is 0 Å². The summed E-state index contributed by atoms with van der Waals surface area (Å²) in [6, 6.07) is 3.52. The Bertz CT molecular complexity index is 807. The van der Waals surface area contributed by atoms with Crippen LogP contribution in [-0.2, 0) is 35.0 Å². The summed E-state index contributed by atoms with van der Waals surface area (Å²) in [5.41, 5.74) is 6.50. The van der Waals surface area contributed by atoms with Crippen molar-refractivity contribution in [2.45, 2.75) is 72.1 Å². The molecular formula is C22H31NO9. The number of hydrogen-bond acceptors (Lipinski definition) is 10. The first-order valence-electron chi connectivity index (χ1n) is 10.4. The van der Waals surface area contributed by atoms with Crippen LogP contribution in [0.15, 0.2) is 18.2 Å². The molecule has 2 atom stereocenters. The average molecular weight is 453 g/mol. The van der Waals surface area contributed by atoms with Crippen LogP contribution in [0.25, 0.3) is 0 Å². The number of esters is 3. The van der Waals surface area contributed by atoms with Crippen LogP contribution in [0.4, 0.5) is 4.79 Å². The van der Waals surface area contributed by atoms with E-state index in [0.717, 1.165) is 0 Å². The van der Waals surface area contributed by atoms with Crippen molar-refractivity contribution in [1.29, 1.82) is 0 Å². The Morgan fingerprint density at radius 1 is 0.906 bits per heavy atom. The molecule has 0 unspecified atom stereocenters. The van der Waals surface area contributed by atoms with Gasteiger partial charge in [-0.1, -0.05) is 19.9 Å². The Morgan fingerprint density at radius 3 is 2.06 bits per heavy atom. The maximum absolute atomic E-state index is 12.3. The molecule has 0 aliphatic heterocycles. The third-order valence-corrected chi connectivity index (χ3v) is 3.88. The van der Waals surface area contributed by atoms with E-state index in [1.54, 1.807) is 40.7 Å². The van der Waals surface area contributed by atoms with Gasteiger partial charge in [-0.3, -0.25) is 14.4 Å². The number of carbonyl (C=O) groups is 4. The molecule has 0 bridgehead atoms. The predicted octanol–water partition coefficient (Wildman–Crippen LogP) is 2.68. The van der Waals surface area contributed by atoms with Gasteiger partial charge < -0.3 is 29.4 Å². The zero-order valence-corrected chi connectivity index (χ0v) is 19.0. The van der Waals surface area contributed by atoms with Gasteiger partial charge >= 0.3 is 24.1 Å². The molecular weight excluding hydrogens is 422 g/mol. The van der Waals surface area contributed by atoms with E-state index in [-0.39, 0.29) is 43.5 Å². The summed E-state index contributed by atoms with van der Waals surface area (Å²) < 4.78 is 25.3. The van der Waals surface area contributed by atoms with Crippen molar-refractivity contribution in [3.63, 3.8) is 0 Å². The lowest BCUT2D eigenvalue weighted by atomic mass is 10.1. The third kappa shape index (κ3) is 9.78. The largest absolute Gasteiger partial charge is 0.508 e. The quantitative estimate of drug-likeness (QED) is 0.393. The minimum atomic E-state index is -1.03. The second-order valence-electron chi connectivity index (χ2n) is 7.22. The monoisotopic (exact) mass is 453 g/mol. The van der Waals surface area contributed by atoms with Gasteiger partial charge in [0.15, 0.2) is 11.5 Å². The number of rotatable bonds is 11. The van der Waals surface area contributed by atoms with E-state index in [0.29, 0.717) is 5.56 Å². The van der Waals surface area contributed by atoms with Gasteiger partial charge in [-0.25, -0.2) is 4.79 Å². The molecule has 0 heterocycles. The van der Waals surface area contributed by atoms with Gasteiger partial charge in [-0.05, 0) is 44.9 Å². The van der Waals surface area contributed by atoms with Crippen LogP contribution in [0.3, 0.4) is 0 Å². The topological polar surface area (TPSA) is 140 Å². The molecule has 1 aromatic carbocycles. The molecule has 0 amide bonds. The fourth-order valence-corrected chi connectivity index (χ4v) is 2.30. The molecule has 10 heteroatoms. The smallest absolute Gasteiger partial charge is 0.458 e. The van der Waals surface area contributed by atoms with E-state index in [2.05, 4.69) is 0 Å². The third-order valence-electron chi connectivity index (χ3n) is 3.88. The minimum absolute atomic E-state index is 0.0575. The van der Waals surface area contributed by atoms with Crippen molar-refractivity contribution in [2.24, 2.45) is 5.73 Å². The highest BCUT2D eigenvalue weighted by Gasteiger charge is 2.21. The first-order chi connectivity index (χ1) is 15.0. The van der Waals surface area contributed by atoms with Gasteiger partial charge in [0.1, 0.15) is 18.8 Å². The number of benzene rings is 1. The lowest BCUT2D eigenvalue weighted by Crippen LogP contribution is -2.37. The predicted molar refractivity (Wildman–Crippen MR) is 113 cm³/mol. The second kappa shape index (κ2) is 13.3. The zero-order valence-electron chi connectivity index (χ0n) is 19.0. The Labute approximate surface area is 187 Å². The summed E-state index contributed by atoms with van der Waals surface area (Å²) in [4.78, 5) is 47.0. The van der Waals surface area contributed by atoms with E-state index >= 15 is 0 Å². The maximum atomic E-state index is 12.3. The molecule has 0 aromatic heterocycles. The van der Waals surface area contributed by atoms with Crippen LogP contribution in [-0.4, -0.2) is 48.9 Å². The van der Waals surface area contributed by atoms with Crippen LogP contribution in [0, 0.1) is 0 Å². The Morgan fingerprint density at radius 2 is 1.50 bits per heavy atom. The molecule has 2 N–H and O–H groups in total. The highest BCUT2D eigenvalue weighted by molar-refractivity contribution is 5.77. The summed E-state index contributed by atoms with van der Waals surface area (Å²) in [6.45, 7) is 7.99.